The molecular formula is C20H33N3O4S2. The van der Waals surface area contributed by atoms with Crippen LogP contribution in [0.5, 0.6) is 0 Å². The second-order valence-electron chi connectivity index (χ2n) is 8.14. The number of aryl methyl sites for hydroxylation is 1. The smallest absolute Gasteiger partial charge is 0.263 e. The van der Waals surface area contributed by atoms with Gasteiger partial charge < -0.3 is 9.64 Å². The molecule has 3 heterocycles. The van der Waals surface area contributed by atoms with Gasteiger partial charge in [-0.05, 0) is 44.7 Å². The predicted octanol–water partition coefficient (Wildman–Crippen LogP) is 2.03. The van der Waals surface area contributed by atoms with Gasteiger partial charge in [-0.15, -0.1) is 11.3 Å². The maximum absolute atomic E-state index is 12.7. The van der Waals surface area contributed by atoms with Crippen molar-refractivity contribution in [3.63, 3.8) is 0 Å². The Morgan fingerprint density at radius 3 is 2.55 bits per heavy atom. The molecule has 2 saturated heterocycles. The van der Waals surface area contributed by atoms with Gasteiger partial charge in [-0.1, -0.05) is 0 Å². The number of sulfonamides is 1. The Morgan fingerprint density at radius 2 is 1.93 bits per heavy atom. The van der Waals surface area contributed by atoms with E-state index in [4.69, 9.17) is 4.74 Å². The van der Waals surface area contributed by atoms with Gasteiger partial charge in [-0.25, -0.2) is 12.7 Å². The molecule has 3 rings (SSSR count). The van der Waals surface area contributed by atoms with E-state index >= 15 is 0 Å². The number of likely N-dealkylation sites (N-methyl/N-ethyl adjacent to an activating group) is 1. The van der Waals surface area contributed by atoms with E-state index in [1.165, 1.54) is 17.6 Å². The molecule has 0 spiro atoms. The molecule has 0 aliphatic carbocycles. The van der Waals surface area contributed by atoms with Crippen molar-refractivity contribution in [2.75, 3.05) is 52.7 Å². The number of thiophene rings is 1. The van der Waals surface area contributed by atoms with Crippen LogP contribution in [0.25, 0.3) is 0 Å². The van der Waals surface area contributed by atoms with Crippen LogP contribution >= 0.6 is 11.3 Å². The molecule has 7 nitrogen and oxygen atoms in total. The quantitative estimate of drug-likeness (QED) is 0.645. The summed E-state index contributed by atoms with van der Waals surface area (Å²) in [5.74, 6) is 0.0523. The highest BCUT2D eigenvalue weighted by Crippen LogP contribution is 2.24. The SMILES string of the molecule is Cc1ccc(C(=O)N(C)CCN(C2CCOCC2)C2CCCN(S(C)(=O)=O)C2)s1. The van der Waals surface area contributed by atoms with E-state index in [0.717, 1.165) is 55.2 Å². The average molecular weight is 444 g/mol. The fourth-order valence-corrected chi connectivity index (χ4v) is 6.04. The molecule has 1 amide bonds. The third-order valence-corrected chi connectivity index (χ3v) is 8.21. The van der Waals surface area contributed by atoms with Crippen molar-refractivity contribution in [1.82, 2.24) is 14.1 Å². The van der Waals surface area contributed by atoms with Crippen molar-refractivity contribution < 1.29 is 17.9 Å². The van der Waals surface area contributed by atoms with Crippen LogP contribution in [0.4, 0.5) is 0 Å². The van der Waals surface area contributed by atoms with Gasteiger partial charge in [0, 0.05) is 63.4 Å². The number of nitrogens with zero attached hydrogens (tertiary/aromatic N) is 3. The number of hydrogen-bond acceptors (Lipinski definition) is 6. The molecule has 164 valence electrons. The van der Waals surface area contributed by atoms with Crippen molar-refractivity contribution in [2.24, 2.45) is 0 Å². The maximum Gasteiger partial charge on any atom is 0.263 e. The fraction of sp³-hybridized carbons (Fsp3) is 0.750. The maximum atomic E-state index is 12.7. The van der Waals surface area contributed by atoms with Gasteiger partial charge in [0.05, 0.1) is 11.1 Å². The molecule has 2 aliphatic heterocycles. The molecule has 29 heavy (non-hydrogen) atoms. The normalized spacial score (nSPS) is 22.1. The van der Waals surface area contributed by atoms with E-state index in [-0.39, 0.29) is 11.9 Å². The van der Waals surface area contributed by atoms with Crippen LogP contribution in [0.1, 0.15) is 40.2 Å². The summed E-state index contributed by atoms with van der Waals surface area (Å²) in [4.78, 5) is 18.9. The number of carbonyl (C=O) groups excluding carboxylic acids is 1. The van der Waals surface area contributed by atoms with E-state index in [9.17, 15) is 13.2 Å². The van der Waals surface area contributed by atoms with Gasteiger partial charge in [0.25, 0.3) is 5.91 Å². The van der Waals surface area contributed by atoms with E-state index in [2.05, 4.69) is 4.90 Å². The lowest BCUT2D eigenvalue weighted by atomic mass is 9.99. The fourth-order valence-electron chi connectivity index (χ4n) is 4.28. The van der Waals surface area contributed by atoms with Crippen molar-refractivity contribution in [2.45, 2.75) is 44.7 Å². The Labute approximate surface area is 178 Å². The lowest BCUT2D eigenvalue weighted by Crippen LogP contribution is -2.55. The van der Waals surface area contributed by atoms with Crippen LogP contribution in [0.3, 0.4) is 0 Å². The van der Waals surface area contributed by atoms with Crippen molar-refractivity contribution in [3.8, 4) is 0 Å². The van der Waals surface area contributed by atoms with Gasteiger partial charge in [-0.3, -0.25) is 9.69 Å². The Balaban J connectivity index is 1.67. The first-order chi connectivity index (χ1) is 13.8. The van der Waals surface area contributed by atoms with Gasteiger partial charge in [0.2, 0.25) is 10.0 Å². The first kappa shape index (κ1) is 22.7. The highest BCUT2D eigenvalue weighted by Gasteiger charge is 2.34. The number of hydrogen-bond donors (Lipinski definition) is 0. The number of piperidine rings is 1. The lowest BCUT2D eigenvalue weighted by molar-refractivity contribution is 0.00321. The average Bonchev–Trinajstić information content (AvgIpc) is 3.14. The number of carbonyl (C=O) groups is 1. The third-order valence-electron chi connectivity index (χ3n) is 5.95. The van der Waals surface area contributed by atoms with Crippen LogP contribution in [0.15, 0.2) is 12.1 Å². The van der Waals surface area contributed by atoms with E-state index in [1.54, 1.807) is 9.21 Å². The highest BCUT2D eigenvalue weighted by atomic mass is 32.2. The van der Waals surface area contributed by atoms with Crippen LogP contribution in [-0.2, 0) is 14.8 Å². The molecule has 0 N–H and O–H groups in total. The molecule has 9 heteroatoms. The topological polar surface area (TPSA) is 70.2 Å². The first-order valence-corrected chi connectivity index (χ1v) is 13.0. The van der Waals surface area contributed by atoms with E-state index in [0.29, 0.717) is 25.7 Å². The predicted molar refractivity (Wildman–Crippen MR) is 116 cm³/mol. The molecular weight excluding hydrogens is 410 g/mol. The second-order valence-corrected chi connectivity index (χ2v) is 11.4. The zero-order chi connectivity index (χ0) is 21.0. The molecule has 0 radical (unpaired) electrons. The van der Waals surface area contributed by atoms with Crippen molar-refractivity contribution in [3.05, 3.63) is 21.9 Å². The van der Waals surface area contributed by atoms with Gasteiger partial charge in [0.15, 0.2) is 0 Å². The number of amides is 1. The molecule has 2 fully saturated rings. The Kier molecular flexibility index (Phi) is 7.72. The minimum atomic E-state index is -3.18. The molecule has 1 unspecified atom stereocenters. The van der Waals surface area contributed by atoms with Gasteiger partial charge in [-0.2, -0.15) is 0 Å². The van der Waals surface area contributed by atoms with E-state index < -0.39 is 10.0 Å². The standard InChI is InChI=1S/C20H33N3O4S2/c1-16-6-7-19(28-16)20(24)21(2)11-12-23(17-8-13-27-14-9-17)18-5-4-10-22(15-18)29(3,25)26/h6-7,17-18H,4-5,8-15H2,1-3H3. The lowest BCUT2D eigenvalue weighted by Gasteiger charge is -2.44. The van der Waals surface area contributed by atoms with Gasteiger partial charge in [0.1, 0.15) is 0 Å². The summed E-state index contributed by atoms with van der Waals surface area (Å²) in [7, 11) is -1.33. The van der Waals surface area contributed by atoms with Crippen LogP contribution in [0, 0.1) is 6.92 Å². The summed E-state index contributed by atoms with van der Waals surface area (Å²) < 4.78 is 31.3. The number of rotatable bonds is 7. The third kappa shape index (κ3) is 6.01. The van der Waals surface area contributed by atoms with Crippen LogP contribution in [-0.4, -0.2) is 93.2 Å². The summed E-state index contributed by atoms with van der Waals surface area (Å²) in [6.45, 7) is 6.01. The monoisotopic (exact) mass is 443 g/mol. The Hall–Kier alpha value is -1.00. The van der Waals surface area contributed by atoms with Crippen LogP contribution < -0.4 is 0 Å². The highest BCUT2D eigenvalue weighted by molar-refractivity contribution is 7.88. The first-order valence-electron chi connectivity index (χ1n) is 10.4. The summed E-state index contributed by atoms with van der Waals surface area (Å²) >= 11 is 1.52. The van der Waals surface area contributed by atoms with Crippen LogP contribution in [0.2, 0.25) is 0 Å². The molecule has 0 aromatic carbocycles. The largest absolute Gasteiger partial charge is 0.381 e. The summed E-state index contributed by atoms with van der Waals surface area (Å²) in [6, 6.07) is 4.43. The van der Waals surface area contributed by atoms with Gasteiger partial charge >= 0.3 is 0 Å². The zero-order valence-corrected chi connectivity index (χ0v) is 19.3. The second kappa shape index (κ2) is 9.87. The molecule has 2 aliphatic rings. The summed E-state index contributed by atoms with van der Waals surface area (Å²) in [5, 5.41) is 0. The molecule has 1 aromatic heterocycles. The minimum absolute atomic E-state index is 0.0523. The molecule has 1 atom stereocenters. The molecule has 1 aromatic rings. The zero-order valence-electron chi connectivity index (χ0n) is 17.7. The Morgan fingerprint density at radius 1 is 1.21 bits per heavy atom. The van der Waals surface area contributed by atoms with Crippen molar-refractivity contribution >= 4 is 27.3 Å². The Bertz CT molecular complexity index is 789. The molecule has 0 bridgehead atoms. The summed E-state index contributed by atoms with van der Waals surface area (Å²) in [6.07, 6.45) is 5.07. The number of ether oxygens (including phenoxy) is 1. The minimum Gasteiger partial charge on any atom is -0.381 e. The van der Waals surface area contributed by atoms with Crippen molar-refractivity contribution in [1.29, 1.82) is 0 Å². The summed E-state index contributed by atoms with van der Waals surface area (Å²) in [5.41, 5.74) is 0. The molecule has 0 saturated carbocycles. The van der Waals surface area contributed by atoms with E-state index in [1.807, 2.05) is 26.1 Å².